The predicted molar refractivity (Wildman–Crippen MR) is 249 cm³/mol. The Hall–Kier alpha value is -1.59. The number of rotatable bonds is 42. The molecule has 0 aliphatic carbocycles. The van der Waals surface area contributed by atoms with E-state index in [0.29, 0.717) is 6.42 Å². The van der Waals surface area contributed by atoms with E-state index in [4.69, 9.17) is 9.47 Å². The summed E-state index contributed by atoms with van der Waals surface area (Å²) in [6.07, 6.45) is 44.9. The number of aliphatic hydroxyl groups is 5. The maximum atomic E-state index is 13.0. The van der Waals surface area contributed by atoms with Gasteiger partial charge in [0, 0.05) is 6.42 Å². The minimum absolute atomic E-state index is 0.187. The maximum absolute atomic E-state index is 13.0. The first-order valence-electron chi connectivity index (χ1n) is 25.2. The van der Waals surface area contributed by atoms with Gasteiger partial charge in [0.05, 0.1) is 25.4 Å². The number of amides is 1. The van der Waals surface area contributed by atoms with Gasteiger partial charge in [0.1, 0.15) is 24.4 Å². The summed E-state index contributed by atoms with van der Waals surface area (Å²) in [5, 5.41) is 54.2. The Morgan fingerprint density at radius 1 is 0.550 bits per heavy atom. The van der Waals surface area contributed by atoms with Crippen LogP contribution in [0.15, 0.2) is 36.5 Å². The highest BCUT2D eigenvalue weighted by Gasteiger charge is 2.44. The van der Waals surface area contributed by atoms with Crippen LogP contribution in [0, 0.1) is 0 Å². The normalized spacial score (nSPS) is 20.8. The fraction of sp³-hybridized carbons (Fsp3) is 0.863. The Balaban J connectivity index is 2.23. The van der Waals surface area contributed by atoms with E-state index in [0.717, 1.165) is 38.5 Å². The minimum Gasteiger partial charge on any atom is -0.394 e. The van der Waals surface area contributed by atoms with Crippen LogP contribution in [-0.4, -0.2) is 87.5 Å². The van der Waals surface area contributed by atoms with E-state index in [1.54, 1.807) is 6.08 Å². The van der Waals surface area contributed by atoms with Crippen LogP contribution in [0.5, 0.6) is 0 Å². The highest BCUT2D eigenvalue weighted by molar-refractivity contribution is 5.76. The molecule has 1 aliphatic heterocycles. The van der Waals surface area contributed by atoms with Gasteiger partial charge in [-0.1, -0.05) is 198 Å². The molecular formula is C51H95NO8. The third kappa shape index (κ3) is 31.3. The second-order valence-electron chi connectivity index (χ2n) is 17.6. The molecule has 0 bridgehead atoms. The summed E-state index contributed by atoms with van der Waals surface area (Å²) in [7, 11) is 0. The van der Waals surface area contributed by atoms with E-state index < -0.39 is 49.5 Å². The van der Waals surface area contributed by atoms with Gasteiger partial charge in [0.15, 0.2) is 6.29 Å². The quantitative estimate of drug-likeness (QED) is 0.0263. The van der Waals surface area contributed by atoms with Gasteiger partial charge in [-0.25, -0.2) is 0 Å². The summed E-state index contributed by atoms with van der Waals surface area (Å²) < 4.78 is 11.2. The van der Waals surface area contributed by atoms with Crippen molar-refractivity contribution in [1.29, 1.82) is 0 Å². The number of allylic oxidation sites excluding steroid dienone is 5. The summed E-state index contributed by atoms with van der Waals surface area (Å²) in [6, 6.07) is -0.819. The van der Waals surface area contributed by atoms with Crippen LogP contribution in [-0.2, 0) is 14.3 Å². The molecule has 1 saturated heterocycles. The van der Waals surface area contributed by atoms with Crippen molar-refractivity contribution in [2.75, 3.05) is 13.2 Å². The number of ether oxygens (including phenoxy) is 2. The lowest BCUT2D eigenvalue weighted by Crippen LogP contribution is -2.60. The molecule has 7 atom stereocenters. The topological polar surface area (TPSA) is 149 Å². The zero-order chi connectivity index (χ0) is 43.7. The number of nitrogens with one attached hydrogen (secondary N) is 1. The van der Waals surface area contributed by atoms with Crippen molar-refractivity contribution in [3.05, 3.63) is 36.5 Å². The highest BCUT2D eigenvalue weighted by Crippen LogP contribution is 2.23. The lowest BCUT2D eigenvalue weighted by molar-refractivity contribution is -0.302. The number of hydrogen-bond acceptors (Lipinski definition) is 8. The van der Waals surface area contributed by atoms with Crippen molar-refractivity contribution in [1.82, 2.24) is 5.32 Å². The van der Waals surface area contributed by atoms with Crippen LogP contribution < -0.4 is 5.32 Å². The first kappa shape index (κ1) is 56.4. The molecule has 60 heavy (non-hydrogen) atoms. The maximum Gasteiger partial charge on any atom is 0.220 e. The van der Waals surface area contributed by atoms with E-state index in [1.165, 1.54) is 167 Å². The number of aliphatic hydroxyl groups excluding tert-OH is 5. The van der Waals surface area contributed by atoms with Crippen LogP contribution >= 0.6 is 0 Å². The number of carbonyl (C=O) groups excluding carboxylic acids is 1. The van der Waals surface area contributed by atoms with Gasteiger partial charge in [-0.3, -0.25) is 4.79 Å². The zero-order valence-corrected chi connectivity index (χ0v) is 38.7. The van der Waals surface area contributed by atoms with E-state index in [1.807, 2.05) is 6.08 Å². The number of unbranched alkanes of at least 4 members (excludes halogenated alkanes) is 28. The molecular weight excluding hydrogens is 755 g/mol. The average molecular weight is 850 g/mol. The van der Waals surface area contributed by atoms with Crippen molar-refractivity contribution in [3.8, 4) is 0 Å². The zero-order valence-electron chi connectivity index (χ0n) is 38.7. The van der Waals surface area contributed by atoms with Crippen LogP contribution in [0.3, 0.4) is 0 Å². The fourth-order valence-electron chi connectivity index (χ4n) is 7.87. The molecule has 9 nitrogen and oxygen atoms in total. The molecule has 6 N–H and O–H groups in total. The lowest BCUT2D eigenvalue weighted by atomic mass is 9.99. The molecule has 0 aromatic rings. The summed E-state index contributed by atoms with van der Waals surface area (Å²) in [6.45, 7) is 3.74. The SMILES string of the molecule is CCCCCCCC/C=C/CC/C=C/C(O)C(COC1OC(CO)C(O)C(O)C1O)NC(=O)CCCCCCCCCCCCCCC/C=C\CCCCCCCCCC. The van der Waals surface area contributed by atoms with Crippen molar-refractivity contribution in [2.45, 2.75) is 269 Å². The first-order chi connectivity index (χ1) is 29.3. The molecule has 7 unspecified atom stereocenters. The van der Waals surface area contributed by atoms with Gasteiger partial charge in [-0.2, -0.15) is 0 Å². The second kappa shape index (κ2) is 41.4. The molecule has 0 saturated carbocycles. The summed E-state index contributed by atoms with van der Waals surface area (Å²) in [5.74, 6) is -0.187. The molecule has 9 heteroatoms. The van der Waals surface area contributed by atoms with Gasteiger partial charge in [-0.15, -0.1) is 0 Å². The average Bonchev–Trinajstić information content (AvgIpc) is 3.25. The van der Waals surface area contributed by atoms with E-state index in [9.17, 15) is 30.3 Å². The molecule has 1 aliphatic rings. The first-order valence-corrected chi connectivity index (χ1v) is 25.2. The minimum atomic E-state index is -1.57. The Bertz CT molecular complexity index is 1030. The fourth-order valence-corrected chi connectivity index (χ4v) is 7.87. The third-order valence-corrected chi connectivity index (χ3v) is 11.9. The summed E-state index contributed by atoms with van der Waals surface area (Å²) >= 11 is 0. The molecule has 1 amide bonds. The second-order valence-corrected chi connectivity index (χ2v) is 17.6. The number of carbonyl (C=O) groups is 1. The van der Waals surface area contributed by atoms with Gasteiger partial charge in [0.25, 0.3) is 0 Å². The summed E-state index contributed by atoms with van der Waals surface area (Å²) in [5.41, 5.74) is 0. The molecule has 1 heterocycles. The standard InChI is InChI=1S/C51H95NO8/c1-3-5-7-9-11-13-15-17-18-19-20-21-22-23-24-25-26-27-28-29-31-33-35-37-39-41-47(55)52-44(43-59-51-50(58)49(57)48(56)46(42-53)60-51)45(54)40-38-36-34-32-30-16-14-12-10-8-6-4-2/h19-20,30,32,38,40,44-46,48-51,53-54,56-58H,3-18,21-29,31,33-37,39,41-43H2,1-2H3,(H,52,55)/b20-19-,32-30+,40-38+. The highest BCUT2D eigenvalue weighted by atomic mass is 16.7. The van der Waals surface area contributed by atoms with E-state index in [-0.39, 0.29) is 12.5 Å². The molecule has 0 spiro atoms. The Labute approximate surface area is 368 Å². The molecule has 1 rings (SSSR count). The van der Waals surface area contributed by atoms with Crippen molar-refractivity contribution in [3.63, 3.8) is 0 Å². The Kier molecular flexibility index (Phi) is 39.0. The Morgan fingerprint density at radius 3 is 1.40 bits per heavy atom. The van der Waals surface area contributed by atoms with E-state index in [2.05, 4.69) is 43.5 Å². The lowest BCUT2D eigenvalue weighted by Gasteiger charge is -2.40. The van der Waals surface area contributed by atoms with Crippen LogP contribution in [0.2, 0.25) is 0 Å². The van der Waals surface area contributed by atoms with Crippen molar-refractivity contribution < 1.29 is 39.8 Å². The largest absolute Gasteiger partial charge is 0.394 e. The Morgan fingerprint density at radius 2 is 0.950 bits per heavy atom. The van der Waals surface area contributed by atoms with E-state index >= 15 is 0 Å². The smallest absolute Gasteiger partial charge is 0.220 e. The van der Waals surface area contributed by atoms with Gasteiger partial charge >= 0.3 is 0 Å². The summed E-state index contributed by atoms with van der Waals surface area (Å²) in [4.78, 5) is 13.0. The van der Waals surface area contributed by atoms with Gasteiger partial charge < -0.3 is 40.3 Å². The molecule has 1 fully saturated rings. The van der Waals surface area contributed by atoms with Crippen molar-refractivity contribution in [2.24, 2.45) is 0 Å². The van der Waals surface area contributed by atoms with Crippen LogP contribution in [0.25, 0.3) is 0 Å². The molecule has 0 radical (unpaired) electrons. The van der Waals surface area contributed by atoms with Gasteiger partial charge in [0.2, 0.25) is 5.91 Å². The monoisotopic (exact) mass is 850 g/mol. The number of hydrogen-bond donors (Lipinski definition) is 6. The van der Waals surface area contributed by atoms with Crippen LogP contribution in [0.4, 0.5) is 0 Å². The van der Waals surface area contributed by atoms with Crippen molar-refractivity contribution >= 4 is 5.91 Å². The molecule has 352 valence electrons. The molecule has 0 aromatic carbocycles. The van der Waals surface area contributed by atoms with Gasteiger partial charge in [-0.05, 0) is 57.8 Å². The third-order valence-electron chi connectivity index (χ3n) is 11.9. The molecule has 0 aromatic heterocycles. The predicted octanol–water partition coefficient (Wildman–Crippen LogP) is 11.2. The van der Waals surface area contributed by atoms with Crippen LogP contribution in [0.1, 0.15) is 226 Å².